The molecule has 0 aromatic carbocycles. The van der Waals surface area contributed by atoms with Crippen LogP contribution in [-0.4, -0.2) is 36.4 Å². The second-order valence-electron chi connectivity index (χ2n) is 4.73. The van der Waals surface area contributed by atoms with Gasteiger partial charge in [-0.1, -0.05) is 6.07 Å². The van der Waals surface area contributed by atoms with Crippen LogP contribution in [0.1, 0.15) is 17.8 Å². The first-order valence-corrected chi connectivity index (χ1v) is 8.34. The SMILES string of the molecule is Cc1nc2ccccn2c1CNCCCS(C)(=O)=O. The molecule has 2 aromatic rings. The maximum absolute atomic E-state index is 11.0. The molecule has 0 saturated carbocycles. The Kier molecular flexibility index (Phi) is 4.21. The molecule has 0 aliphatic carbocycles. The summed E-state index contributed by atoms with van der Waals surface area (Å²) in [7, 11) is -2.86. The minimum absolute atomic E-state index is 0.228. The van der Waals surface area contributed by atoms with Gasteiger partial charge in [-0.2, -0.15) is 0 Å². The van der Waals surface area contributed by atoms with E-state index in [9.17, 15) is 8.42 Å². The first-order chi connectivity index (χ1) is 8.97. The lowest BCUT2D eigenvalue weighted by Crippen LogP contribution is -2.19. The number of nitrogens with one attached hydrogen (secondary N) is 1. The predicted octanol–water partition coefficient (Wildman–Crippen LogP) is 1.17. The lowest BCUT2D eigenvalue weighted by molar-refractivity contribution is 0.593. The molecule has 0 fully saturated rings. The Balaban J connectivity index is 1.93. The van der Waals surface area contributed by atoms with Crippen molar-refractivity contribution in [1.29, 1.82) is 0 Å². The van der Waals surface area contributed by atoms with Crippen molar-refractivity contribution in [2.75, 3.05) is 18.6 Å². The first-order valence-electron chi connectivity index (χ1n) is 6.28. The molecule has 5 nitrogen and oxygen atoms in total. The molecule has 0 spiro atoms. The number of sulfone groups is 1. The van der Waals surface area contributed by atoms with Crippen LogP contribution in [0.25, 0.3) is 5.65 Å². The summed E-state index contributed by atoms with van der Waals surface area (Å²) in [5, 5.41) is 3.27. The van der Waals surface area contributed by atoms with E-state index in [0.29, 0.717) is 19.5 Å². The van der Waals surface area contributed by atoms with Gasteiger partial charge in [-0.25, -0.2) is 13.4 Å². The normalized spacial score (nSPS) is 12.1. The fraction of sp³-hybridized carbons (Fsp3) is 0.462. The van der Waals surface area contributed by atoms with E-state index in [4.69, 9.17) is 0 Å². The van der Waals surface area contributed by atoms with Gasteiger partial charge in [-0.05, 0) is 32.0 Å². The molecular formula is C13H19N3O2S. The second kappa shape index (κ2) is 5.71. The zero-order valence-corrected chi connectivity index (χ0v) is 12.1. The first kappa shape index (κ1) is 14.0. The Labute approximate surface area is 113 Å². The molecule has 1 N–H and O–H groups in total. The van der Waals surface area contributed by atoms with E-state index < -0.39 is 9.84 Å². The van der Waals surface area contributed by atoms with Gasteiger partial charge >= 0.3 is 0 Å². The van der Waals surface area contributed by atoms with Crippen LogP contribution >= 0.6 is 0 Å². The fourth-order valence-electron chi connectivity index (χ4n) is 2.04. The molecule has 0 radical (unpaired) electrons. The number of hydrogen-bond donors (Lipinski definition) is 1. The van der Waals surface area contributed by atoms with Crippen molar-refractivity contribution in [3.8, 4) is 0 Å². The summed E-state index contributed by atoms with van der Waals surface area (Å²) < 4.78 is 24.1. The molecule has 104 valence electrons. The van der Waals surface area contributed by atoms with Gasteiger partial charge in [0, 0.05) is 19.0 Å². The molecule has 19 heavy (non-hydrogen) atoms. The number of rotatable bonds is 6. The minimum Gasteiger partial charge on any atom is -0.311 e. The third-order valence-corrected chi connectivity index (χ3v) is 4.02. The molecule has 2 rings (SSSR count). The summed E-state index contributed by atoms with van der Waals surface area (Å²) in [5.74, 6) is 0.228. The van der Waals surface area contributed by atoms with Crippen molar-refractivity contribution in [2.45, 2.75) is 19.9 Å². The van der Waals surface area contributed by atoms with Gasteiger partial charge in [0.1, 0.15) is 15.5 Å². The highest BCUT2D eigenvalue weighted by atomic mass is 32.2. The van der Waals surface area contributed by atoms with Gasteiger partial charge in [0.2, 0.25) is 0 Å². The third-order valence-electron chi connectivity index (χ3n) is 2.99. The monoisotopic (exact) mass is 281 g/mol. The van der Waals surface area contributed by atoms with Gasteiger partial charge < -0.3 is 9.72 Å². The summed E-state index contributed by atoms with van der Waals surface area (Å²) in [5.41, 5.74) is 3.06. The molecule has 0 aliphatic heterocycles. The smallest absolute Gasteiger partial charge is 0.147 e. The summed E-state index contributed by atoms with van der Waals surface area (Å²) in [6.07, 6.45) is 3.89. The molecule has 2 aromatic heterocycles. The fourth-order valence-corrected chi connectivity index (χ4v) is 2.71. The predicted molar refractivity (Wildman–Crippen MR) is 76.0 cm³/mol. The molecule has 2 heterocycles. The van der Waals surface area contributed by atoms with Crippen molar-refractivity contribution in [3.05, 3.63) is 35.8 Å². The molecule has 0 unspecified atom stereocenters. The van der Waals surface area contributed by atoms with Crippen molar-refractivity contribution in [2.24, 2.45) is 0 Å². The quantitative estimate of drug-likeness (QED) is 0.807. The number of aromatic nitrogens is 2. The average Bonchev–Trinajstić information content (AvgIpc) is 2.64. The van der Waals surface area contributed by atoms with Gasteiger partial charge in [-0.3, -0.25) is 0 Å². The van der Waals surface area contributed by atoms with Crippen molar-refractivity contribution < 1.29 is 8.42 Å². The van der Waals surface area contributed by atoms with Crippen LogP contribution in [0, 0.1) is 6.92 Å². The van der Waals surface area contributed by atoms with E-state index >= 15 is 0 Å². The lowest BCUT2D eigenvalue weighted by Gasteiger charge is -2.05. The zero-order chi connectivity index (χ0) is 13.9. The lowest BCUT2D eigenvalue weighted by atomic mass is 10.3. The molecule has 0 bridgehead atoms. The molecule has 0 atom stereocenters. The number of aryl methyl sites for hydroxylation is 1. The van der Waals surface area contributed by atoms with Crippen molar-refractivity contribution >= 4 is 15.5 Å². The highest BCUT2D eigenvalue weighted by Crippen LogP contribution is 2.11. The Morgan fingerprint density at radius 1 is 1.37 bits per heavy atom. The number of pyridine rings is 1. The summed E-state index contributed by atoms with van der Waals surface area (Å²) in [4.78, 5) is 4.48. The molecule has 0 aliphatic rings. The van der Waals surface area contributed by atoms with Crippen LogP contribution in [0.15, 0.2) is 24.4 Å². The van der Waals surface area contributed by atoms with Gasteiger partial charge in [0.25, 0.3) is 0 Å². The van der Waals surface area contributed by atoms with Crippen LogP contribution in [0.5, 0.6) is 0 Å². The highest BCUT2D eigenvalue weighted by molar-refractivity contribution is 7.90. The maximum atomic E-state index is 11.0. The van der Waals surface area contributed by atoms with Gasteiger partial charge in [-0.15, -0.1) is 0 Å². The topological polar surface area (TPSA) is 63.5 Å². The Bertz CT molecular complexity index is 662. The van der Waals surface area contributed by atoms with Crippen LogP contribution in [0.4, 0.5) is 0 Å². The Hall–Kier alpha value is -1.40. The second-order valence-corrected chi connectivity index (χ2v) is 6.99. The molecular weight excluding hydrogens is 262 g/mol. The Morgan fingerprint density at radius 2 is 2.16 bits per heavy atom. The van der Waals surface area contributed by atoms with E-state index in [0.717, 1.165) is 17.0 Å². The van der Waals surface area contributed by atoms with E-state index in [1.807, 2.05) is 31.3 Å². The number of hydrogen-bond acceptors (Lipinski definition) is 4. The zero-order valence-electron chi connectivity index (χ0n) is 11.3. The van der Waals surface area contributed by atoms with Gasteiger partial charge in [0.15, 0.2) is 0 Å². The minimum atomic E-state index is -2.86. The summed E-state index contributed by atoms with van der Waals surface area (Å²) in [6.45, 7) is 3.37. The number of nitrogens with zero attached hydrogens (tertiary/aromatic N) is 2. The molecule has 0 saturated heterocycles. The summed E-state index contributed by atoms with van der Waals surface area (Å²) >= 11 is 0. The van der Waals surface area contributed by atoms with E-state index in [1.165, 1.54) is 6.26 Å². The van der Waals surface area contributed by atoms with Gasteiger partial charge in [0.05, 0.1) is 17.1 Å². The Morgan fingerprint density at radius 3 is 2.89 bits per heavy atom. The average molecular weight is 281 g/mol. The van der Waals surface area contributed by atoms with Crippen LogP contribution in [0.3, 0.4) is 0 Å². The highest BCUT2D eigenvalue weighted by Gasteiger charge is 2.07. The van der Waals surface area contributed by atoms with E-state index in [1.54, 1.807) is 0 Å². The summed E-state index contributed by atoms with van der Waals surface area (Å²) in [6, 6.07) is 5.91. The van der Waals surface area contributed by atoms with Crippen LogP contribution in [-0.2, 0) is 16.4 Å². The van der Waals surface area contributed by atoms with E-state index in [-0.39, 0.29) is 5.75 Å². The number of fused-ring (bicyclic) bond motifs is 1. The molecule has 6 heteroatoms. The van der Waals surface area contributed by atoms with Crippen LogP contribution < -0.4 is 5.32 Å². The van der Waals surface area contributed by atoms with Crippen molar-refractivity contribution in [3.63, 3.8) is 0 Å². The largest absolute Gasteiger partial charge is 0.311 e. The number of imidazole rings is 1. The van der Waals surface area contributed by atoms with E-state index in [2.05, 4.69) is 14.7 Å². The van der Waals surface area contributed by atoms with Crippen LogP contribution in [0.2, 0.25) is 0 Å². The third kappa shape index (κ3) is 3.78. The standard InChI is InChI=1S/C13H19N3O2S/c1-11-12(10-14-7-5-9-19(2,17)18)16-8-4-3-6-13(16)15-11/h3-4,6,8,14H,5,7,9-10H2,1-2H3. The molecule has 0 amide bonds. The van der Waals surface area contributed by atoms with Crippen molar-refractivity contribution in [1.82, 2.24) is 14.7 Å². The maximum Gasteiger partial charge on any atom is 0.147 e.